The van der Waals surface area contributed by atoms with Gasteiger partial charge in [-0.1, -0.05) is 24.3 Å². The summed E-state index contributed by atoms with van der Waals surface area (Å²) in [7, 11) is 0. The van der Waals surface area contributed by atoms with Crippen LogP contribution in [0.4, 0.5) is 5.69 Å². The first-order valence-electron chi connectivity index (χ1n) is 8.25. The average Bonchev–Trinajstić information content (AvgIpc) is 2.98. The molecule has 1 aliphatic rings. The van der Waals surface area contributed by atoms with Crippen molar-refractivity contribution >= 4 is 17.5 Å². The molecular formula is C20H22N2O2. The normalized spacial score (nSPS) is 14.2. The van der Waals surface area contributed by atoms with E-state index in [0.29, 0.717) is 12.1 Å². The van der Waals surface area contributed by atoms with E-state index >= 15 is 0 Å². The minimum absolute atomic E-state index is 0.0409. The molecule has 3 rings (SSSR count). The maximum atomic E-state index is 12.6. The Bertz CT molecular complexity index is 798. The number of nitrogens with one attached hydrogen (secondary N) is 1. The Morgan fingerprint density at radius 3 is 2.62 bits per heavy atom. The van der Waals surface area contributed by atoms with Crippen LogP contribution in [0, 0.1) is 6.92 Å². The van der Waals surface area contributed by atoms with Gasteiger partial charge < -0.3 is 10.2 Å². The van der Waals surface area contributed by atoms with Gasteiger partial charge in [0.25, 0.3) is 5.91 Å². The molecule has 0 bridgehead atoms. The van der Waals surface area contributed by atoms with Crippen molar-refractivity contribution in [2.75, 3.05) is 11.4 Å². The van der Waals surface area contributed by atoms with Gasteiger partial charge in [-0.25, -0.2) is 0 Å². The predicted molar refractivity (Wildman–Crippen MR) is 95.2 cm³/mol. The second-order valence-corrected chi connectivity index (χ2v) is 6.32. The maximum absolute atomic E-state index is 12.6. The molecule has 1 N–H and O–H groups in total. The fourth-order valence-electron chi connectivity index (χ4n) is 3.30. The SMILES string of the molecule is CC(=O)N1CCc2cc(C(=O)NC(C)c3ccccc3C)ccc21. The molecule has 1 unspecified atom stereocenters. The average molecular weight is 322 g/mol. The molecule has 0 spiro atoms. The highest BCUT2D eigenvalue weighted by molar-refractivity contribution is 5.98. The summed E-state index contributed by atoms with van der Waals surface area (Å²) >= 11 is 0. The monoisotopic (exact) mass is 322 g/mol. The first-order chi connectivity index (χ1) is 11.5. The minimum Gasteiger partial charge on any atom is -0.346 e. The molecule has 0 aliphatic carbocycles. The Morgan fingerprint density at radius 1 is 1.17 bits per heavy atom. The molecule has 1 aliphatic heterocycles. The quantitative estimate of drug-likeness (QED) is 0.941. The molecular weight excluding hydrogens is 300 g/mol. The molecule has 1 heterocycles. The topological polar surface area (TPSA) is 49.4 Å². The van der Waals surface area contributed by atoms with Crippen LogP contribution in [0.1, 0.15) is 46.9 Å². The van der Waals surface area contributed by atoms with Crippen LogP contribution < -0.4 is 10.2 Å². The number of benzene rings is 2. The summed E-state index contributed by atoms with van der Waals surface area (Å²) in [5.74, 6) is -0.0473. The van der Waals surface area contributed by atoms with Crippen LogP contribution in [0.3, 0.4) is 0 Å². The lowest BCUT2D eigenvalue weighted by Crippen LogP contribution is -2.27. The van der Waals surface area contributed by atoms with Gasteiger partial charge in [-0.3, -0.25) is 9.59 Å². The zero-order valence-corrected chi connectivity index (χ0v) is 14.3. The second-order valence-electron chi connectivity index (χ2n) is 6.32. The summed E-state index contributed by atoms with van der Waals surface area (Å²) in [6, 6.07) is 13.6. The van der Waals surface area contributed by atoms with Crippen LogP contribution in [0.25, 0.3) is 0 Å². The lowest BCUT2D eigenvalue weighted by molar-refractivity contribution is -0.116. The highest BCUT2D eigenvalue weighted by Gasteiger charge is 2.23. The Balaban J connectivity index is 1.77. The summed E-state index contributed by atoms with van der Waals surface area (Å²) in [5, 5.41) is 3.06. The van der Waals surface area contributed by atoms with Crippen LogP contribution in [-0.2, 0) is 11.2 Å². The highest BCUT2D eigenvalue weighted by Crippen LogP contribution is 2.29. The number of anilines is 1. The number of hydrogen-bond acceptors (Lipinski definition) is 2. The van der Waals surface area contributed by atoms with E-state index in [0.717, 1.165) is 28.8 Å². The zero-order valence-electron chi connectivity index (χ0n) is 14.3. The smallest absolute Gasteiger partial charge is 0.251 e. The summed E-state index contributed by atoms with van der Waals surface area (Å²) in [4.78, 5) is 25.9. The summed E-state index contributed by atoms with van der Waals surface area (Å²) in [6.07, 6.45) is 0.795. The number of hydrogen-bond donors (Lipinski definition) is 1. The molecule has 24 heavy (non-hydrogen) atoms. The Labute approximate surface area is 142 Å². The first-order valence-corrected chi connectivity index (χ1v) is 8.25. The number of nitrogens with zero attached hydrogens (tertiary/aromatic N) is 1. The van der Waals surface area contributed by atoms with E-state index in [-0.39, 0.29) is 17.9 Å². The van der Waals surface area contributed by atoms with Gasteiger partial charge in [0, 0.05) is 24.7 Å². The Morgan fingerprint density at radius 2 is 1.92 bits per heavy atom. The third-order valence-electron chi connectivity index (χ3n) is 4.62. The highest BCUT2D eigenvalue weighted by atomic mass is 16.2. The van der Waals surface area contributed by atoms with E-state index in [1.807, 2.05) is 50.2 Å². The summed E-state index contributed by atoms with van der Waals surface area (Å²) < 4.78 is 0. The standard InChI is InChI=1S/C20H22N2O2/c1-13-6-4-5-7-18(13)14(2)21-20(24)17-8-9-19-16(12-17)10-11-22(19)15(3)23/h4-9,12,14H,10-11H2,1-3H3,(H,21,24). The summed E-state index contributed by atoms with van der Waals surface area (Å²) in [5.41, 5.74) is 4.90. The Hall–Kier alpha value is -2.62. The molecule has 4 nitrogen and oxygen atoms in total. The van der Waals surface area contributed by atoms with E-state index in [1.165, 1.54) is 0 Å². The molecule has 0 radical (unpaired) electrons. The molecule has 124 valence electrons. The van der Waals surface area contributed by atoms with Crippen LogP contribution >= 0.6 is 0 Å². The van der Waals surface area contributed by atoms with Gasteiger partial charge in [0.05, 0.1) is 6.04 Å². The number of carbonyl (C=O) groups excluding carboxylic acids is 2. The molecule has 1 atom stereocenters. The van der Waals surface area contributed by atoms with Crippen LogP contribution in [-0.4, -0.2) is 18.4 Å². The van der Waals surface area contributed by atoms with Crippen molar-refractivity contribution in [3.63, 3.8) is 0 Å². The van der Waals surface area contributed by atoms with Crippen LogP contribution in [0.15, 0.2) is 42.5 Å². The fraction of sp³-hybridized carbons (Fsp3) is 0.300. The molecule has 0 saturated heterocycles. The zero-order chi connectivity index (χ0) is 17.3. The van der Waals surface area contributed by atoms with Crippen molar-refractivity contribution in [3.05, 3.63) is 64.7 Å². The third kappa shape index (κ3) is 3.04. The number of rotatable bonds is 3. The lowest BCUT2D eigenvalue weighted by Gasteiger charge is -2.17. The van der Waals surface area contributed by atoms with E-state index in [1.54, 1.807) is 17.9 Å². The lowest BCUT2D eigenvalue weighted by atomic mass is 10.0. The van der Waals surface area contributed by atoms with E-state index in [4.69, 9.17) is 0 Å². The number of amides is 2. The molecule has 2 aromatic carbocycles. The molecule has 4 heteroatoms. The molecule has 0 aromatic heterocycles. The molecule has 2 aromatic rings. The van der Waals surface area contributed by atoms with E-state index < -0.39 is 0 Å². The third-order valence-corrected chi connectivity index (χ3v) is 4.62. The van der Waals surface area contributed by atoms with Crippen molar-refractivity contribution in [3.8, 4) is 0 Å². The van der Waals surface area contributed by atoms with Crippen molar-refractivity contribution in [2.24, 2.45) is 0 Å². The number of fused-ring (bicyclic) bond motifs is 1. The van der Waals surface area contributed by atoms with Crippen LogP contribution in [0.2, 0.25) is 0 Å². The summed E-state index contributed by atoms with van der Waals surface area (Å²) in [6.45, 7) is 6.30. The van der Waals surface area contributed by atoms with Crippen LogP contribution in [0.5, 0.6) is 0 Å². The second kappa shape index (κ2) is 6.48. The van der Waals surface area contributed by atoms with Gasteiger partial charge in [0.1, 0.15) is 0 Å². The Kier molecular flexibility index (Phi) is 4.38. The first kappa shape index (κ1) is 16.2. The van der Waals surface area contributed by atoms with Gasteiger partial charge in [-0.15, -0.1) is 0 Å². The molecule has 2 amide bonds. The van der Waals surface area contributed by atoms with Gasteiger partial charge in [0.2, 0.25) is 5.91 Å². The predicted octanol–water partition coefficient (Wildman–Crippen LogP) is 3.40. The number of carbonyl (C=O) groups is 2. The van der Waals surface area contributed by atoms with Crippen molar-refractivity contribution < 1.29 is 9.59 Å². The number of aryl methyl sites for hydroxylation is 1. The van der Waals surface area contributed by atoms with Crippen molar-refractivity contribution in [2.45, 2.75) is 33.2 Å². The largest absolute Gasteiger partial charge is 0.346 e. The fourth-order valence-corrected chi connectivity index (χ4v) is 3.30. The van der Waals surface area contributed by atoms with Gasteiger partial charge in [0.15, 0.2) is 0 Å². The van der Waals surface area contributed by atoms with Gasteiger partial charge >= 0.3 is 0 Å². The van der Waals surface area contributed by atoms with Crippen molar-refractivity contribution in [1.82, 2.24) is 5.32 Å². The van der Waals surface area contributed by atoms with E-state index in [9.17, 15) is 9.59 Å². The van der Waals surface area contributed by atoms with E-state index in [2.05, 4.69) is 5.32 Å². The minimum atomic E-state index is -0.0881. The van der Waals surface area contributed by atoms with Gasteiger partial charge in [-0.2, -0.15) is 0 Å². The molecule has 0 saturated carbocycles. The van der Waals surface area contributed by atoms with Gasteiger partial charge in [-0.05, 0) is 55.2 Å². The van der Waals surface area contributed by atoms with Crippen molar-refractivity contribution in [1.29, 1.82) is 0 Å². The maximum Gasteiger partial charge on any atom is 0.251 e. The molecule has 0 fully saturated rings.